The van der Waals surface area contributed by atoms with Crippen LogP contribution in [0.4, 0.5) is 0 Å². The quantitative estimate of drug-likeness (QED) is 0.182. The molecule has 0 heterocycles. The van der Waals surface area contributed by atoms with Crippen LogP contribution in [0.15, 0.2) is 48.5 Å². The number of hydrogen-bond donors (Lipinski definition) is 0. The van der Waals surface area contributed by atoms with E-state index in [0.717, 1.165) is 11.1 Å². The number of nitrogens with zero attached hydrogens (tertiary/aromatic N) is 4. The van der Waals surface area contributed by atoms with Crippen LogP contribution in [0, 0.1) is 13.8 Å². The van der Waals surface area contributed by atoms with E-state index < -0.39 is 34.6 Å². The van der Waals surface area contributed by atoms with Crippen LogP contribution in [0.25, 0.3) is 11.1 Å². The van der Waals surface area contributed by atoms with Crippen LogP contribution in [0.2, 0.25) is 0 Å². The number of rotatable bonds is 7. The lowest BCUT2D eigenvalue weighted by atomic mass is 9.96. The predicted molar refractivity (Wildman–Crippen MR) is 98.3 cm³/mol. The second-order valence-corrected chi connectivity index (χ2v) is 5.95. The molecule has 0 aliphatic heterocycles. The molecule has 0 bridgehead atoms. The van der Waals surface area contributed by atoms with E-state index in [9.17, 15) is 19.2 Å². The van der Waals surface area contributed by atoms with E-state index in [1.54, 1.807) is 38.1 Å². The molecule has 2 aromatic rings. The molecular formula is C20H14N4O4. The highest BCUT2D eigenvalue weighted by atomic mass is 16.2. The Balaban J connectivity index is 2.33. The van der Waals surface area contributed by atoms with Gasteiger partial charge in [-0.25, -0.2) is 0 Å². The largest absolute Gasteiger partial charge is 0.413 e. The van der Waals surface area contributed by atoms with Gasteiger partial charge in [-0.2, -0.15) is 9.58 Å². The topological polar surface area (TPSA) is 141 Å². The molecule has 2 rings (SSSR count). The lowest BCUT2D eigenvalue weighted by Crippen LogP contribution is -2.39. The zero-order valence-corrected chi connectivity index (χ0v) is 15.0. The molecular weight excluding hydrogens is 360 g/mol. The highest BCUT2D eigenvalue weighted by Crippen LogP contribution is 2.08. The van der Waals surface area contributed by atoms with Gasteiger partial charge in [0.05, 0.1) is 0 Å². The molecule has 0 fully saturated rings. The van der Waals surface area contributed by atoms with E-state index in [-0.39, 0.29) is 11.1 Å². The average Bonchev–Trinajstić information content (AvgIpc) is 2.69. The number of aryl methyl sites for hydroxylation is 2. The Morgan fingerprint density at radius 1 is 0.607 bits per heavy atom. The Morgan fingerprint density at radius 3 is 1.14 bits per heavy atom. The highest BCUT2D eigenvalue weighted by Gasteiger charge is 2.44. The maximum absolute atomic E-state index is 12.4. The smallest absolute Gasteiger partial charge is 0.360 e. The van der Waals surface area contributed by atoms with Crippen LogP contribution in [0.3, 0.4) is 0 Å². The molecule has 0 saturated heterocycles. The van der Waals surface area contributed by atoms with E-state index in [4.69, 9.17) is 11.1 Å². The van der Waals surface area contributed by atoms with E-state index in [1.165, 1.54) is 24.3 Å². The normalized spacial score (nSPS) is 9.64. The zero-order chi connectivity index (χ0) is 20.8. The summed E-state index contributed by atoms with van der Waals surface area (Å²) in [5.41, 5.74) is 17.7. The number of Topliss-reactive ketones (excluding diaryl/α,β-unsaturated/α-hetero) is 4. The fourth-order valence-corrected chi connectivity index (χ4v) is 2.29. The second kappa shape index (κ2) is 8.51. The van der Waals surface area contributed by atoms with Gasteiger partial charge in [-0.05, 0) is 13.8 Å². The van der Waals surface area contributed by atoms with Gasteiger partial charge in [0.25, 0.3) is 11.6 Å². The van der Waals surface area contributed by atoms with Crippen molar-refractivity contribution >= 4 is 34.6 Å². The van der Waals surface area contributed by atoms with Gasteiger partial charge in [-0.15, -0.1) is 0 Å². The van der Waals surface area contributed by atoms with Crippen molar-refractivity contribution in [2.45, 2.75) is 13.8 Å². The molecule has 2 aromatic carbocycles. The summed E-state index contributed by atoms with van der Waals surface area (Å²) in [5.74, 6) is -5.16. The van der Waals surface area contributed by atoms with Gasteiger partial charge in [0.2, 0.25) is 0 Å². The van der Waals surface area contributed by atoms with E-state index >= 15 is 0 Å². The monoisotopic (exact) mass is 374 g/mol. The first kappa shape index (κ1) is 20.2. The van der Waals surface area contributed by atoms with Crippen LogP contribution in [-0.2, 0) is 9.59 Å². The summed E-state index contributed by atoms with van der Waals surface area (Å²) >= 11 is 0. The molecule has 0 N–H and O–H groups in total. The molecule has 0 spiro atoms. The molecule has 0 atom stereocenters. The summed E-state index contributed by atoms with van der Waals surface area (Å²) in [6.45, 7) is 3.56. The first-order chi connectivity index (χ1) is 13.3. The zero-order valence-electron chi connectivity index (χ0n) is 15.0. The third kappa shape index (κ3) is 4.16. The summed E-state index contributed by atoms with van der Waals surface area (Å²) in [6, 6.07) is 11.9. The van der Waals surface area contributed by atoms with Crippen molar-refractivity contribution in [2.24, 2.45) is 0 Å². The van der Waals surface area contributed by atoms with Crippen molar-refractivity contribution in [2.75, 3.05) is 0 Å². The van der Waals surface area contributed by atoms with Crippen LogP contribution >= 0.6 is 0 Å². The summed E-state index contributed by atoms with van der Waals surface area (Å²) < 4.78 is 0. The average molecular weight is 374 g/mol. The van der Waals surface area contributed by atoms with Crippen molar-refractivity contribution in [3.8, 4) is 0 Å². The molecule has 0 unspecified atom stereocenters. The molecule has 0 saturated carbocycles. The number of benzene rings is 2. The van der Waals surface area contributed by atoms with Gasteiger partial charge < -0.3 is 11.1 Å². The minimum Gasteiger partial charge on any atom is -0.360 e. The van der Waals surface area contributed by atoms with Gasteiger partial charge in [-0.3, -0.25) is 19.2 Å². The van der Waals surface area contributed by atoms with Crippen molar-refractivity contribution in [3.05, 3.63) is 81.8 Å². The molecule has 0 aromatic heterocycles. The Morgan fingerprint density at radius 2 is 0.893 bits per heavy atom. The highest BCUT2D eigenvalue weighted by molar-refractivity contribution is 6.93. The number of hydrogen-bond acceptors (Lipinski definition) is 4. The molecule has 28 heavy (non-hydrogen) atoms. The van der Waals surface area contributed by atoms with Crippen molar-refractivity contribution in [1.29, 1.82) is 0 Å². The maximum atomic E-state index is 12.4. The minimum atomic E-state index is -1.57. The Hall–Kier alpha value is -4.12. The summed E-state index contributed by atoms with van der Waals surface area (Å²) in [7, 11) is 0. The van der Waals surface area contributed by atoms with Crippen LogP contribution in [0.1, 0.15) is 31.8 Å². The number of ketones is 4. The first-order valence-corrected chi connectivity index (χ1v) is 8.06. The van der Waals surface area contributed by atoms with Crippen molar-refractivity contribution < 1.29 is 28.8 Å². The SMILES string of the molecule is Cc1ccc(C(=O)C(=[N+]=[N-])C(=O)C(=O)C(=[N+]=[N-])C(=O)c2ccc(C)cc2)cc1. The summed E-state index contributed by atoms with van der Waals surface area (Å²) in [6.07, 6.45) is 0. The molecule has 8 heteroatoms. The third-order valence-corrected chi connectivity index (χ3v) is 3.89. The Kier molecular flexibility index (Phi) is 6.14. The first-order valence-electron chi connectivity index (χ1n) is 8.06. The van der Waals surface area contributed by atoms with E-state index in [2.05, 4.69) is 9.58 Å². The number of carbonyl (C=O) groups is 4. The van der Waals surface area contributed by atoms with Crippen LogP contribution in [0.5, 0.6) is 0 Å². The standard InChI is InChI=1S/C20H14N4O4/c1-11-3-7-13(8-4-11)17(25)15(23-21)19(27)20(28)16(24-22)18(26)14-9-5-12(2)6-10-14/h3-10H,1-2H3. The van der Waals surface area contributed by atoms with Gasteiger partial charge in [-0.1, -0.05) is 59.7 Å². The second-order valence-electron chi connectivity index (χ2n) is 5.95. The van der Waals surface area contributed by atoms with Crippen LogP contribution < -0.4 is 0 Å². The summed E-state index contributed by atoms with van der Waals surface area (Å²) in [5, 5.41) is 0. The van der Waals surface area contributed by atoms with Gasteiger partial charge in [0, 0.05) is 11.1 Å². The maximum Gasteiger partial charge on any atom is 0.413 e. The van der Waals surface area contributed by atoms with E-state index in [1.807, 2.05) is 0 Å². The fourth-order valence-electron chi connectivity index (χ4n) is 2.29. The number of carbonyl (C=O) groups excluding carboxylic acids is 4. The van der Waals surface area contributed by atoms with Crippen molar-refractivity contribution in [3.63, 3.8) is 0 Å². The van der Waals surface area contributed by atoms with Crippen LogP contribution in [-0.4, -0.2) is 44.1 Å². The molecule has 0 radical (unpaired) electrons. The van der Waals surface area contributed by atoms with Gasteiger partial charge >= 0.3 is 23.0 Å². The molecule has 138 valence electrons. The molecule has 0 amide bonds. The Bertz CT molecular complexity index is 997. The molecule has 8 nitrogen and oxygen atoms in total. The summed E-state index contributed by atoms with van der Waals surface area (Å²) in [4.78, 5) is 54.7. The van der Waals surface area contributed by atoms with Gasteiger partial charge in [0.1, 0.15) is 0 Å². The molecule has 0 aliphatic rings. The Labute approximate surface area is 159 Å². The fraction of sp³-hybridized carbons (Fsp3) is 0.100. The minimum absolute atomic E-state index is 0.00639. The van der Waals surface area contributed by atoms with Gasteiger partial charge in [0.15, 0.2) is 0 Å². The lowest BCUT2D eigenvalue weighted by molar-refractivity contribution is -0.133. The third-order valence-electron chi connectivity index (χ3n) is 3.89. The van der Waals surface area contributed by atoms with Crippen molar-refractivity contribution in [1.82, 2.24) is 0 Å². The lowest BCUT2D eigenvalue weighted by Gasteiger charge is -1.98. The van der Waals surface area contributed by atoms with E-state index in [0.29, 0.717) is 0 Å². The molecule has 0 aliphatic carbocycles. The predicted octanol–water partition coefficient (Wildman–Crippen LogP) is 1.85.